The molecule has 8 heteroatoms. The molecule has 0 radical (unpaired) electrons. The average Bonchev–Trinajstić information content (AvgIpc) is 2.80. The SMILES string of the molecule is CC(C)NC(=O)c1cn(COCCS(C)(C)C)c2ncc(Br)nc12. The lowest BCUT2D eigenvalue weighted by Gasteiger charge is -2.24. The van der Waals surface area contributed by atoms with Crippen molar-refractivity contribution in [2.24, 2.45) is 0 Å². The Morgan fingerprint density at radius 1 is 1.42 bits per heavy atom. The zero-order chi connectivity index (χ0) is 17.9. The number of amides is 1. The maximum atomic E-state index is 12.4. The molecule has 0 saturated heterocycles. The summed E-state index contributed by atoms with van der Waals surface area (Å²) in [6, 6.07) is 0.0574. The molecule has 0 fully saturated rings. The number of nitrogens with zero attached hydrogens (tertiary/aromatic N) is 3. The number of carbonyl (C=O) groups excluding carboxylic acids is 1. The Bertz CT molecular complexity index is 725. The van der Waals surface area contributed by atoms with E-state index >= 15 is 0 Å². The lowest BCUT2D eigenvalue weighted by molar-refractivity contribution is 0.0910. The maximum absolute atomic E-state index is 12.4. The Labute approximate surface area is 152 Å². The molecule has 0 bridgehead atoms. The summed E-state index contributed by atoms with van der Waals surface area (Å²) in [5.74, 6) is 0.893. The molecular formula is C16H25BrN4O2S. The fourth-order valence-corrected chi connectivity index (χ4v) is 3.00. The number of rotatable bonds is 7. The second-order valence-electron chi connectivity index (χ2n) is 6.84. The fraction of sp³-hybridized carbons (Fsp3) is 0.562. The molecule has 1 amide bonds. The first-order chi connectivity index (χ1) is 11.2. The predicted molar refractivity (Wildman–Crippen MR) is 104 cm³/mol. The van der Waals surface area contributed by atoms with Crippen LogP contribution in [-0.4, -0.2) is 57.6 Å². The number of ether oxygens (including phenoxy) is 1. The molecule has 1 N–H and O–H groups in total. The summed E-state index contributed by atoms with van der Waals surface area (Å²) in [5.41, 5.74) is 1.74. The Balaban J connectivity index is 2.22. The van der Waals surface area contributed by atoms with E-state index < -0.39 is 10.0 Å². The van der Waals surface area contributed by atoms with Gasteiger partial charge in [0.25, 0.3) is 5.91 Å². The number of hydrogen-bond donors (Lipinski definition) is 1. The largest absolute Gasteiger partial charge is 0.360 e. The van der Waals surface area contributed by atoms with Crippen molar-refractivity contribution in [3.8, 4) is 0 Å². The van der Waals surface area contributed by atoms with Gasteiger partial charge < -0.3 is 14.6 Å². The van der Waals surface area contributed by atoms with Crippen molar-refractivity contribution >= 4 is 43.0 Å². The number of hydrogen-bond acceptors (Lipinski definition) is 4. The van der Waals surface area contributed by atoms with Crippen molar-refractivity contribution in [2.45, 2.75) is 26.6 Å². The Morgan fingerprint density at radius 3 is 2.75 bits per heavy atom. The smallest absolute Gasteiger partial charge is 0.255 e. The molecular weight excluding hydrogens is 392 g/mol. The quantitative estimate of drug-likeness (QED) is 0.704. The fourth-order valence-electron chi connectivity index (χ4n) is 2.11. The summed E-state index contributed by atoms with van der Waals surface area (Å²) < 4.78 is 8.22. The van der Waals surface area contributed by atoms with E-state index in [1.165, 1.54) is 0 Å². The van der Waals surface area contributed by atoms with E-state index in [1.54, 1.807) is 12.4 Å². The molecule has 0 spiro atoms. The van der Waals surface area contributed by atoms with E-state index in [0.717, 1.165) is 5.75 Å². The highest BCUT2D eigenvalue weighted by atomic mass is 79.9. The molecule has 0 unspecified atom stereocenters. The summed E-state index contributed by atoms with van der Waals surface area (Å²) in [5, 5.41) is 2.90. The molecule has 2 heterocycles. The zero-order valence-corrected chi connectivity index (χ0v) is 17.2. The van der Waals surface area contributed by atoms with Crippen molar-refractivity contribution in [2.75, 3.05) is 31.1 Å². The highest BCUT2D eigenvalue weighted by Crippen LogP contribution is 2.33. The molecule has 2 aromatic heterocycles. The average molecular weight is 417 g/mol. The summed E-state index contributed by atoms with van der Waals surface area (Å²) in [6.07, 6.45) is 10.2. The van der Waals surface area contributed by atoms with Crippen LogP contribution in [0.1, 0.15) is 24.2 Å². The highest BCUT2D eigenvalue weighted by molar-refractivity contribution is 9.10. The van der Waals surface area contributed by atoms with E-state index in [0.29, 0.717) is 34.7 Å². The van der Waals surface area contributed by atoms with Crippen molar-refractivity contribution in [1.29, 1.82) is 0 Å². The second-order valence-corrected chi connectivity index (χ2v) is 12.2. The molecule has 0 aliphatic heterocycles. The van der Waals surface area contributed by atoms with Crippen LogP contribution in [0.25, 0.3) is 11.2 Å². The third-order valence-corrected chi connectivity index (χ3v) is 5.04. The first kappa shape index (κ1) is 19.2. The van der Waals surface area contributed by atoms with E-state index in [9.17, 15) is 4.79 Å². The van der Waals surface area contributed by atoms with Crippen LogP contribution in [0.4, 0.5) is 0 Å². The van der Waals surface area contributed by atoms with Gasteiger partial charge in [-0.2, -0.15) is 0 Å². The first-order valence-corrected chi connectivity index (χ1v) is 11.6. The van der Waals surface area contributed by atoms with Crippen LogP contribution in [0, 0.1) is 0 Å². The van der Waals surface area contributed by atoms with Crippen molar-refractivity contribution < 1.29 is 9.53 Å². The van der Waals surface area contributed by atoms with E-state index in [2.05, 4.69) is 50.0 Å². The minimum atomic E-state index is -0.581. The molecule has 0 aliphatic rings. The van der Waals surface area contributed by atoms with Crippen LogP contribution < -0.4 is 5.32 Å². The third kappa shape index (κ3) is 5.19. The van der Waals surface area contributed by atoms with Gasteiger partial charge >= 0.3 is 0 Å². The molecule has 6 nitrogen and oxygen atoms in total. The van der Waals surface area contributed by atoms with Gasteiger partial charge in [0.15, 0.2) is 5.65 Å². The summed E-state index contributed by atoms with van der Waals surface area (Å²) >= 11 is 3.32. The molecule has 24 heavy (non-hydrogen) atoms. The van der Waals surface area contributed by atoms with Crippen LogP contribution >= 0.6 is 26.0 Å². The van der Waals surface area contributed by atoms with Crippen LogP contribution in [0.15, 0.2) is 17.0 Å². The van der Waals surface area contributed by atoms with Crippen LogP contribution in [-0.2, 0) is 11.5 Å². The molecule has 2 aromatic rings. The standard InChI is InChI=1S/C16H25BrN4O2S/c1-11(2)19-16(22)12-9-21(10-23-6-7-24(3,4)5)15-14(12)20-13(17)8-18-15/h8-9,11H,6-7,10H2,1-5H3,(H,19,22). The number of carbonyl (C=O) groups is 1. The zero-order valence-electron chi connectivity index (χ0n) is 14.8. The van der Waals surface area contributed by atoms with E-state index in [4.69, 9.17) is 4.74 Å². The number of fused-ring (bicyclic) bond motifs is 1. The van der Waals surface area contributed by atoms with E-state index in [-0.39, 0.29) is 11.9 Å². The predicted octanol–water partition coefficient (Wildman–Crippen LogP) is 3.00. The highest BCUT2D eigenvalue weighted by Gasteiger charge is 2.18. The van der Waals surface area contributed by atoms with Gasteiger partial charge in [0, 0.05) is 18.0 Å². The van der Waals surface area contributed by atoms with Crippen molar-refractivity contribution in [3.05, 3.63) is 22.6 Å². The number of halogens is 1. The molecule has 134 valence electrons. The van der Waals surface area contributed by atoms with E-state index in [1.807, 2.05) is 18.4 Å². The van der Waals surface area contributed by atoms with Crippen molar-refractivity contribution in [1.82, 2.24) is 19.9 Å². The van der Waals surface area contributed by atoms with Crippen LogP contribution in [0.2, 0.25) is 0 Å². The molecule has 0 aliphatic carbocycles. The minimum absolute atomic E-state index is 0.0574. The molecule has 0 aromatic carbocycles. The summed E-state index contributed by atoms with van der Waals surface area (Å²) in [4.78, 5) is 21.2. The van der Waals surface area contributed by atoms with Crippen molar-refractivity contribution in [3.63, 3.8) is 0 Å². The van der Waals surface area contributed by atoms with Gasteiger partial charge in [-0.05, 0) is 48.5 Å². The lowest BCUT2D eigenvalue weighted by atomic mass is 10.2. The van der Waals surface area contributed by atoms with Gasteiger partial charge in [0.2, 0.25) is 0 Å². The molecule has 2 rings (SSSR count). The van der Waals surface area contributed by atoms with Crippen LogP contribution in [0.5, 0.6) is 0 Å². The topological polar surface area (TPSA) is 69.0 Å². The number of nitrogens with one attached hydrogen (secondary N) is 1. The minimum Gasteiger partial charge on any atom is -0.360 e. The Morgan fingerprint density at radius 2 is 2.12 bits per heavy atom. The lowest BCUT2D eigenvalue weighted by Crippen LogP contribution is -2.30. The molecule has 0 saturated carbocycles. The van der Waals surface area contributed by atoms with Gasteiger partial charge in [-0.25, -0.2) is 20.0 Å². The summed E-state index contributed by atoms with van der Waals surface area (Å²) in [7, 11) is -0.581. The Kier molecular flexibility index (Phi) is 6.28. The third-order valence-electron chi connectivity index (χ3n) is 3.27. The normalized spacial score (nSPS) is 12.8. The van der Waals surface area contributed by atoms with Gasteiger partial charge in [-0.3, -0.25) is 4.79 Å². The Hall–Kier alpha value is -1.12. The second kappa shape index (κ2) is 7.84. The first-order valence-electron chi connectivity index (χ1n) is 7.73. The molecule has 0 atom stereocenters. The number of aromatic nitrogens is 3. The van der Waals surface area contributed by atoms with Gasteiger partial charge in [0.05, 0.1) is 18.4 Å². The monoisotopic (exact) mass is 416 g/mol. The summed E-state index contributed by atoms with van der Waals surface area (Å²) in [6.45, 7) is 4.90. The maximum Gasteiger partial charge on any atom is 0.255 e. The van der Waals surface area contributed by atoms with Crippen LogP contribution in [0.3, 0.4) is 0 Å². The van der Waals surface area contributed by atoms with Gasteiger partial charge in [0.1, 0.15) is 16.9 Å². The van der Waals surface area contributed by atoms with Gasteiger partial charge in [-0.15, -0.1) is 0 Å². The van der Waals surface area contributed by atoms with Gasteiger partial charge in [-0.1, -0.05) is 0 Å².